The molecule has 1 aliphatic rings. The van der Waals surface area contributed by atoms with Crippen molar-refractivity contribution in [1.82, 2.24) is 9.80 Å². The molecule has 0 bridgehead atoms. The highest BCUT2D eigenvalue weighted by Gasteiger charge is 2.34. The van der Waals surface area contributed by atoms with Gasteiger partial charge in [0.25, 0.3) is 0 Å². The molecule has 1 heterocycles. The first-order valence-electron chi connectivity index (χ1n) is 8.66. The minimum absolute atomic E-state index is 0.105. The van der Waals surface area contributed by atoms with Gasteiger partial charge in [-0.1, -0.05) is 43.6 Å². The molecular formula is C19H29ClN2O2. The quantitative estimate of drug-likeness (QED) is 0.632. The second kappa shape index (κ2) is 9.30. The van der Waals surface area contributed by atoms with E-state index in [1.165, 1.54) is 16.7 Å². The molecule has 0 aliphatic carbocycles. The maximum absolute atomic E-state index is 6.57. The topological polar surface area (TPSA) is 24.9 Å². The van der Waals surface area contributed by atoms with Gasteiger partial charge in [0.1, 0.15) is 11.3 Å². The summed E-state index contributed by atoms with van der Waals surface area (Å²) in [5, 5.41) is 0.765. The smallest absolute Gasteiger partial charge is 0.129 e. The maximum Gasteiger partial charge on any atom is 0.129 e. The number of methoxy groups -OCH3 is 2. The molecule has 0 fully saturated rings. The summed E-state index contributed by atoms with van der Waals surface area (Å²) in [4.78, 5) is 4.52. The summed E-state index contributed by atoms with van der Waals surface area (Å²) in [5.74, 6) is 0. The Kier molecular flexibility index (Phi) is 7.40. The fraction of sp³-hybridized carbons (Fsp3) is 0.579. The van der Waals surface area contributed by atoms with Crippen LogP contribution in [0.2, 0.25) is 0 Å². The van der Waals surface area contributed by atoms with Crippen molar-refractivity contribution in [2.45, 2.75) is 32.9 Å². The SMILES string of the molecule is CCc1cccc(CC)c1C1N(CCOC)C=C(Cl)N1CCOC. The van der Waals surface area contributed by atoms with Gasteiger partial charge in [0.15, 0.2) is 0 Å². The van der Waals surface area contributed by atoms with Gasteiger partial charge in [0.05, 0.1) is 13.2 Å². The fourth-order valence-corrected chi connectivity index (χ4v) is 3.62. The van der Waals surface area contributed by atoms with E-state index in [2.05, 4.69) is 41.8 Å². The first-order valence-corrected chi connectivity index (χ1v) is 9.03. The summed E-state index contributed by atoms with van der Waals surface area (Å²) in [6.45, 7) is 7.31. The lowest BCUT2D eigenvalue weighted by Gasteiger charge is -2.36. The Bertz CT molecular complexity index is 540. The number of hydrogen-bond acceptors (Lipinski definition) is 4. The minimum atomic E-state index is 0.105. The van der Waals surface area contributed by atoms with Crippen LogP contribution < -0.4 is 0 Å². The molecule has 134 valence electrons. The molecule has 1 aromatic rings. The Hall–Kier alpha value is -1.23. The van der Waals surface area contributed by atoms with Crippen LogP contribution in [-0.2, 0) is 22.3 Å². The lowest BCUT2D eigenvalue weighted by molar-refractivity contribution is 0.0865. The molecule has 1 aromatic carbocycles. The summed E-state index contributed by atoms with van der Waals surface area (Å²) in [7, 11) is 3.46. The zero-order chi connectivity index (χ0) is 17.5. The predicted octanol–water partition coefficient (Wildman–Crippen LogP) is 3.76. The van der Waals surface area contributed by atoms with Gasteiger partial charge in [-0.2, -0.15) is 0 Å². The molecule has 0 saturated carbocycles. The largest absolute Gasteiger partial charge is 0.383 e. The van der Waals surface area contributed by atoms with Crippen molar-refractivity contribution in [3.63, 3.8) is 0 Å². The molecule has 1 unspecified atom stereocenters. The second-order valence-electron chi connectivity index (χ2n) is 5.94. The van der Waals surface area contributed by atoms with Crippen LogP contribution in [0.1, 0.15) is 36.7 Å². The van der Waals surface area contributed by atoms with E-state index in [4.69, 9.17) is 21.1 Å². The van der Waals surface area contributed by atoms with Crippen LogP contribution in [0, 0.1) is 0 Å². The van der Waals surface area contributed by atoms with E-state index in [9.17, 15) is 0 Å². The van der Waals surface area contributed by atoms with E-state index >= 15 is 0 Å². The van der Waals surface area contributed by atoms with Crippen molar-refractivity contribution in [2.75, 3.05) is 40.5 Å². The first kappa shape index (κ1) is 19.1. The normalized spacial score (nSPS) is 17.5. The monoisotopic (exact) mass is 352 g/mol. The lowest BCUT2D eigenvalue weighted by Crippen LogP contribution is -2.36. The third kappa shape index (κ3) is 4.05. The fourth-order valence-electron chi connectivity index (χ4n) is 3.32. The van der Waals surface area contributed by atoms with Gasteiger partial charge in [0.2, 0.25) is 0 Å². The zero-order valence-corrected chi connectivity index (χ0v) is 16.0. The number of aryl methyl sites for hydroxylation is 2. The summed E-state index contributed by atoms with van der Waals surface area (Å²) < 4.78 is 10.6. The van der Waals surface area contributed by atoms with E-state index < -0.39 is 0 Å². The van der Waals surface area contributed by atoms with Crippen molar-refractivity contribution in [3.05, 3.63) is 46.2 Å². The molecule has 5 heteroatoms. The van der Waals surface area contributed by atoms with E-state index in [-0.39, 0.29) is 6.17 Å². The van der Waals surface area contributed by atoms with Crippen LogP contribution in [0.4, 0.5) is 0 Å². The number of rotatable bonds is 9. The third-order valence-electron chi connectivity index (χ3n) is 4.55. The summed E-state index contributed by atoms with van der Waals surface area (Å²) >= 11 is 6.57. The molecule has 4 nitrogen and oxygen atoms in total. The van der Waals surface area contributed by atoms with Gasteiger partial charge in [-0.25, -0.2) is 0 Å². The molecule has 0 saturated heterocycles. The summed E-state index contributed by atoms with van der Waals surface area (Å²) in [6.07, 6.45) is 4.15. The van der Waals surface area contributed by atoms with Gasteiger partial charge in [-0.15, -0.1) is 0 Å². The summed E-state index contributed by atoms with van der Waals surface area (Å²) in [6, 6.07) is 6.61. The Labute approximate surface area is 151 Å². The Balaban J connectivity index is 2.44. The number of ether oxygens (including phenoxy) is 2. The van der Waals surface area contributed by atoms with Crippen LogP contribution in [0.25, 0.3) is 0 Å². The predicted molar refractivity (Wildman–Crippen MR) is 99.0 cm³/mol. The van der Waals surface area contributed by atoms with Crippen molar-refractivity contribution in [1.29, 1.82) is 0 Å². The van der Waals surface area contributed by atoms with Gasteiger partial charge in [-0.3, -0.25) is 0 Å². The highest BCUT2D eigenvalue weighted by atomic mass is 35.5. The van der Waals surface area contributed by atoms with Gasteiger partial charge in [0, 0.05) is 39.1 Å². The van der Waals surface area contributed by atoms with Crippen LogP contribution >= 0.6 is 11.6 Å². The van der Waals surface area contributed by atoms with E-state index in [1.807, 2.05) is 6.20 Å². The molecule has 0 spiro atoms. The average Bonchev–Trinajstić information content (AvgIpc) is 2.92. The van der Waals surface area contributed by atoms with Crippen LogP contribution in [0.5, 0.6) is 0 Å². The number of halogens is 1. The zero-order valence-electron chi connectivity index (χ0n) is 15.2. The van der Waals surface area contributed by atoms with Crippen LogP contribution in [0.15, 0.2) is 29.6 Å². The third-order valence-corrected chi connectivity index (χ3v) is 4.87. The van der Waals surface area contributed by atoms with E-state index in [0.717, 1.165) is 31.1 Å². The molecule has 0 radical (unpaired) electrons. The minimum Gasteiger partial charge on any atom is -0.383 e. The summed E-state index contributed by atoms with van der Waals surface area (Å²) in [5.41, 5.74) is 4.13. The van der Waals surface area contributed by atoms with Crippen molar-refractivity contribution < 1.29 is 9.47 Å². The molecule has 2 rings (SSSR count). The van der Waals surface area contributed by atoms with Crippen LogP contribution in [-0.4, -0.2) is 50.3 Å². The molecule has 1 aliphatic heterocycles. The van der Waals surface area contributed by atoms with Gasteiger partial charge < -0.3 is 19.3 Å². The second-order valence-corrected chi connectivity index (χ2v) is 6.33. The molecule has 24 heavy (non-hydrogen) atoms. The van der Waals surface area contributed by atoms with E-state index in [1.54, 1.807) is 14.2 Å². The van der Waals surface area contributed by atoms with Crippen LogP contribution in [0.3, 0.4) is 0 Å². The van der Waals surface area contributed by atoms with E-state index in [0.29, 0.717) is 13.2 Å². The number of nitrogens with zero attached hydrogens (tertiary/aromatic N) is 2. The number of benzene rings is 1. The average molecular weight is 353 g/mol. The van der Waals surface area contributed by atoms with Crippen molar-refractivity contribution in [2.24, 2.45) is 0 Å². The first-order chi connectivity index (χ1) is 11.7. The number of hydrogen-bond donors (Lipinski definition) is 0. The highest BCUT2D eigenvalue weighted by Crippen LogP contribution is 2.39. The lowest BCUT2D eigenvalue weighted by atomic mass is 9.94. The van der Waals surface area contributed by atoms with Gasteiger partial charge >= 0.3 is 0 Å². The van der Waals surface area contributed by atoms with Crippen molar-refractivity contribution in [3.8, 4) is 0 Å². The molecular weight excluding hydrogens is 324 g/mol. The Morgan fingerprint density at radius 1 is 1.00 bits per heavy atom. The van der Waals surface area contributed by atoms with Gasteiger partial charge in [-0.05, 0) is 24.0 Å². The molecule has 0 aromatic heterocycles. The molecule has 0 N–H and O–H groups in total. The van der Waals surface area contributed by atoms with Crippen molar-refractivity contribution >= 4 is 11.6 Å². The Morgan fingerprint density at radius 2 is 1.58 bits per heavy atom. The maximum atomic E-state index is 6.57. The molecule has 1 atom stereocenters. The highest BCUT2D eigenvalue weighted by molar-refractivity contribution is 6.29. The molecule has 0 amide bonds. The Morgan fingerprint density at radius 3 is 2.12 bits per heavy atom. The standard InChI is InChI=1S/C19H29ClN2O2/c1-5-15-8-7-9-16(6-2)18(15)19-21(10-12-23-3)14-17(20)22(19)11-13-24-4/h7-9,14,19H,5-6,10-13H2,1-4H3.